The van der Waals surface area contributed by atoms with Gasteiger partial charge in [0.05, 0.1) is 17.9 Å². The fraction of sp³-hybridized carbons (Fsp3) is 0.240. The van der Waals surface area contributed by atoms with Crippen LogP contribution in [0.5, 0.6) is 0 Å². The Labute approximate surface area is 197 Å². The van der Waals surface area contributed by atoms with Crippen LogP contribution >= 0.6 is 11.8 Å². The summed E-state index contributed by atoms with van der Waals surface area (Å²) in [5.74, 6) is 0.0653. The number of thioether (sulfide) groups is 1. The maximum Gasteiger partial charge on any atom is 0.245 e. The van der Waals surface area contributed by atoms with Crippen LogP contribution in [0.15, 0.2) is 72.0 Å². The molecule has 2 aromatic heterocycles. The molecule has 4 rings (SSSR count). The second-order valence-electron chi connectivity index (χ2n) is 7.92. The Balaban J connectivity index is 1.56. The second kappa shape index (κ2) is 10.0. The molecule has 1 amide bonds. The number of imidazole rings is 1. The molecule has 1 aromatic carbocycles. The minimum atomic E-state index is -0.989. The number of carbonyl (C=O) groups is 1. The van der Waals surface area contributed by atoms with Gasteiger partial charge in [0.25, 0.3) is 0 Å². The van der Waals surface area contributed by atoms with Crippen LogP contribution < -0.4 is 10.2 Å². The van der Waals surface area contributed by atoms with Crippen molar-refractivity contribution in [2.75, 3.05) is 30.1 Å². The largest absolute Gasteiger partial charge is 0.365 e. The lowest BCUT2D eigenvalue weighted by Crippen LogP contribution is -2.30. The summed E-state index contributed by atoms with van der Waals surface area (Å²) in [6.07, 6.45) is 7.87. The molecule has 0 saturated carbocycles. The lowest BCUT2D eigenvalue weighted by atomic mass is 9.93. The summed E-state index contributed by atoms with van der Waals surface area (Å²) in [5.41, 5.74) is 4.22. The number of rotatable bonds is 7. The number of allylic oxidation sites excluding steroid dienone is 4. The zero-order chi connectivity index (χ0) is 23.4. The van der Waals surface area contributed by atoms with Crippen molar-refractivity contribution in [3.05, 3.63) is 72.6 Å². The maximum atomic E-state index is 13.9. The summed E-state index contributed by atoms with van der Waals surface area (Å²) in [6.45, 7) is 2.05. The molecule has 2 heterocycles. The highest BCUT2D eigenvalue weighted by Gasteiger charge is 2.21. The molecule has 0 fully saturated rings. The average Bonchev–Trinajstić information content (AvgIpc) is 3.26. The van der Waals surface area contributed by atoms with Gasteiger partial charge in [0.1, 0.15) is 12.0 Å². The average molecular weight is 464 g/mol. The summed E-state index contributed by atoms with van der Waals surface area (Å²) in [6, 6.07) is 13.4. The summed E-state index contributed by atoms with van der Waals surface area (Å²) in [4.78, 5) is 26.8. The van der Waals surface area contributed by atoms with E-state index in [2.05, 4.69) is 15.3 Å². The number of amides is 1. The first-order valence-electron chi connectivity index (χ1n) is 10.7. The number of aromatic nitrogens is 3. The first-order chi connectivity index (χ1) is 15.9. The number of para-hydroxylation sites is 1. The van der Waals surface area contributed by atoms with Gasteiger partial charge < -0.3 is 15.2 Å². The van der Waals surface area contributed by atoms with E-state index in [1.165, 1.54) is 11.8 Å². The molecule has 1 aliphatic carbocycles. The number of H-pyrrole nitrogens is 1. The van der Waals surface area contributed by atoms with Gasteiger partial charge in [-0.15, -0.1) is 0 Å². The molecule has 0 aliphatic heterocycles. The zero-order valence-corrected chi connectivity index (χ0v) is 19.6. The van der Waals surface area contributed by atoms with Crippen molar-refractivity contribution in [3.63, 3.8) is 0 Å². The van der Waals surface area contributed by atoms with Crippen LogP contribution in [-0.2, 0) is 4.79 Å². The van der Waals surface area contributed by atoms with Gasteiger partial charge in [-0.1, -0.05) is 49.0 Å². The van der Waals surface area contributed by atoms with E-state index in [9.17, 15) is 9.18 Å². The van der Waals surface area contributed by atoms with Gasteiger partial charge >= 0.3 is 0 Å². The fourth-order valence-electron chi connectivity index (χ4n) is 3.65. The third kappa shape index (κ3) is 5.34. The van der Waals surface area contributed by atoms with Crippen LogP contribution in [0.3, 0.4) is 0 Å². The van der Waals surface area contributed by atoms with E-state index in [1.54, 1.807) is 24.4 Å². The van der Waals surface area contributed by atoms with E-state index in [0.717, 1.165) is 33.4 Å². The van der Waals surface area contributed by atoms with E-state index in [-0.39, 0.29) is 18.4 Å². The van der Waals surface area contributed by atoms with Crippen molar-refractivity contribution in [2.24, 2.45) is 5.92 Å². The Kier molecular flexibility index (Phi) is 6.93. The number of hydrogen-bond donors (Lipinski definition) is 2. The van der Waals surface area contributed by atoms with E-state index < -0.39 is 6.17 Å². The molecule has 33 heavy (non-hydrogen) atoms. The first kappa shape index (κ1) is 22.8. The van der Waals surface area contributed by atoms with Gasteiger partial charge in [-0.05, 0) is 42.2 Å². The second-order valence-corrected chi connectivity index (χ2v) is 8.72. The molecule has 2 N–H and O–H groups in total. The number of alkyl halides is 1. The molecule has 170 valence electrons. The maximum absolute atomic E-state index is 13.9. The number of halogens is 1. The predicted octanol–water partition coefficient (Wildman–Crippen LogP) is 5.20. The summed E-state index contributed by atoms with van der Waals surface area (Å²) in [7, 11) is 1.87. The lowest BCUT2D eigenvalue weighted by molar-refractivity contribution is -0.114. The number of nitrogens with zero attached hydrogens (tertiary/aromatic N) is 3. The third-order valence-electron chi connectivity index (χ3n) is 5.45. The number of benzene rings is 1. The lowest BCUT2D eigenvalue weighted by Gasteiger charge is -2.18. The van der Waals surface area contributed by atoms with Gasteiger partial charge in [-0.25, -0.2) is 14.4 Å². The van der Waals surface area contributed by atoms with Crippen LogP contribution in [0.1, 0.15) is 12.6 Å². The molecule has 0 saturated heterocycles. The van der Waals surface area contributed by atoms with Crippen LogP contribution in [0.25, 0.3) is 16.8 Å². The van der Waals surface area contributed by atoms with Gasteiger partial charge in [0.15, 0.2) is 5.16 Å². The summed E-state index contributed by atoms with van der Waals surface area (Å²) >= 11 is 1.50. The van der Waals surface area contributed by atoms with Crippen molar-refractivity contribution in [3.8, 4) is 11.3 Å². The van der Waals surface area contributed by atoms with E-state index in [4.69, 9.17) is 4.98 Å². The Morgan fingerprint density at radius 1 is 1.27 bits per heavy atom. The highest BCUT2D eigenvalue weighted by Crippen LogP contribution is 2.34. The van der Waals surface area contributed by atoms with Crippen LogP contribution in [0.2, 0.25) is 0 Å². The monoisotopic (exact) mass is 463 g/mol. The zero-order valence-electron chi connectivity index (χ0n) is 18.7. The Morgan fingerprint density at radius 3 is 2.79 bits per heavy atom. The van der Waals surface area contributed by atoms with Crippen molar-refractivity contribution in [1.29, 1.82) is 0 Å². The van der Waals surface area contributed by atoms with Gasteiger partial charge in [-0.3, -0.25) is 4.79 Å². The van der Waals surface area contributed by atoms with Gasteiger partial charge in [0.2, 0.25) is 5.91 Å². The standard InChI is InChI=1S/C25H26FN5OS/c1-16-13-17(9-10-20(16)26)23-24(30-25(29-23)33-3)18-11-12-27-21(14-18)28-22(32)15-31(2)19-7-5-4-6-8-19/h4-14,16,20H,15H2,1-3H3,(H,29,30)(H,27,28,32)/t16?,20-/m1/s1. The highest BCUT2D eigenvalue weighted by atomic mass is 32.2. The van der Waals surface area contributed by atoms with Crippen LogP contribution in [0, 0.1) is 5.92 Å². The smallest absolute Gasteiger partial charge is 0.245 e. The van der Waals surface area contributed by atoms with E-state index in [0.29, 0.717) is 5.82 Å². The quantitative estimate of drug-likeness (QED) is 0.472. The first-order valence-corrected chi connectivity index (χ1v) is 11.9. The van der Waals surface area contributed by atoms with Crippen molar-refractivity contribution < 1.29 is 9.18 Å². The molecule has 3 aromatic rings. The predicted molar refractivity (Wildman–Crippen MR) is 133 cm³/mol. The molecular formula is C25H26FN5OS. The number of aromatic amines is 1. The summed E-state index contributed by atoms with van der Waals surface area (Å²) in [5, 5.41) is 3.63. The number of pyridine rings is 1. The number of likely N-dealkylation sites (N-methyl/N-ethyl adjacent to an activating group) is 1. The number of nitrogens with one attached hydrogen (secondary N) is 2. The van der Waals surface area contributed by atoms with Crippen molar-refractivity contribution in [1.82, 2.24) is 15.0 Å². The molecule has 1 aliphatic rings. The topological polar surface area (TPSA) is 73.9 Å². The molecule has 2 atom stereocenters. The third-order valence-corrected chi connectivity index (χ3v) is 6.03. The Bertz CT molecular complexity index is 1190. The fourth-order valence-corrected chi connectivity index (χ4v) is 4.04. The Morgan fingerprint density at radius 2 is 2.06 bits per heavy atom. The molecule has 1 unspecified atom stereocenters. The normalized spacial score (nSPS) is 17.5. The minimum Gasteiger partial charge on any atom is -0.365 e. The Hall–Kier alpha value is -3.39. The number of carbonyl (C=O) groups excluding carboxylic acids is 1. The van der Waals surface area contributed by atoms with Crippen LogP contribution in [0.4, 0.5) is 15.9 Å². The van der Waals surface area contributed by atoms with E-state index >= 15 is 0 Å². The van der Waals surface area contributed by atoms with Crippen LogP contribution in [-0.4, -0.2) is 46.9 Å². The molecule has 8 heteroatoms. The molecule has 0 radical (unpaired) electrons. The number of anilines is 2. The molecule has 0 bridgehead atoms. The van der Waals surface area contributed by atoms with Gasteiger partial charge in [0, 0.05) is 30.4 Å². The SMILES string of the molecule is CSc1nc(-c2ccnc(NC(=O)CN(C)c3ccccc3)c2)c(C2=CC(C)[C@H](F)C=C2)[nH]1. The molecular weight excluding hydrogens is 437 g/mol. The van der Waals surface area contributed by atoms with E-state index in [1.807, 2.05) is 67.6 Å². The molecule has 6 nitrogen and oxygen atoms in total. The van der Waals surface area contributed by atoms with Gasteiger partial charge in [-0.2, -0.15) is 0 Å². The number of hydrogen-bond acceptors (Lipinski definition) is 5. The highest BCUT2D eigenvalue weighted by molar-refractivity contribution is 7.98. The minimum absolute atomic E-state index is 0.168. The summed E-state index contributed by atoms with van der Waals surface area (Å²) < 4.78 is 13.9. The van der Waals surface area contributed by atoms with Crippen molar-refractivity contribution in [2.45, 2.75) is 18.3 Å². The van der Waals surface area contributed by atoms with Crippen molar-refractivity contribution >= 4 is 34.7 Å². The molecule has 0 spiro atoms.